The van der Waals surface area contributed by atoms with E-state index in [0.717, 1.165) is 5.56 Å². The average molecular weight is 251 g/mol. The van der Waals surface area contributed by atoms with Crippen molar-refractivity contribution < 1.29 is 9.84 Å². The highest BCUT2D eigenvalue weighted by Gasteiger charge is 2.02. The highest BCUT2D eigenvalue weighted by atomic mass is 35.5. The second-order valence-electron chi connectivity index (χ2n) is 3.53. The summed E-state index contributed by atoms with van der Waals surface area (Å²) >= 11 is 5.91. The molecule has 1 heterocycles. The van der Waals surface area contributed by atoms with Crippen molar-refractivity contribution in [1.29, 1.82) is 0 Å². The van der Waals surface area contributed by atoms with Crippen LogP contribution >= 0.6 is 11.6 Å². The number of rotatable bonds is 3. The summed E-state index contributed by atoms with van der Waals surface area (Å²) in [6, 6.07) is 8.66. The standard InChI is InChI=1S/C12H11ClN2O2/c1-8-6-10(3-4-11(8)13)17-12-5-2-9(7-16)14-15-12/h2-6,16H,7H2,1H3. The molecule has 4 nitrogen and oxygen atoms in total. The van der Waals surface area contributed by atoms with Gasteiger partial charge in [-0.3, -0.25) is 0 Å². The normalized spacial score (nSPS) is 10.3. The van der Waals surface area contributed by atoms with Gasteiger partial charge in [0.05, 0.1) is 12.3 Å². The van der Waals surface area contributed by atoms with E-state index in [1.807, 2.05) is 13.0 Å². The Bertz CT molecular complexity index is 514. The van der Waals surface area contributed by atoms with E-state index >= 15 is 0 Å². The zero-order valence-corrected chi connectivity index (χ0v) is 9.98. The summed E-state index contributed by atoms with van der Waals surface area (Å²) in [6.45, 7) is 1.77. The fourth-order valence-corrected chi connectivity index (χ4v) is 1.41. The zero-order valence-electron chi connectivity index (χ0n) is 9.22. The first kappa shape index (κ1) is 11.8. The second kappa shape index (κ2) is 5.12. The molecule has 0 bridgehead atoms. The topological polar surface area (TPSA) is 55.2 Å². The summed E-state index contributed by atoms with van der Waals surface area (Å²) < 4.78 is 5.50. The van der Waals surface area contributed by atoms with Crippen LogP contribution in [0.15, 0.2) is 30.3 Å². The van der Waals surface area contributed by atoms with Crippen LogP contribution in [0.1, 0.15) is 11.3 Å². The number of aryl methyl sites for hydroxylation is 1. The third kappa shape index (κ3) is 2.93. The van der Waals surface area contributed by atoms with Gasteiger partial charge >= 0.3 is 0 Å². The Hall–Kier alpha value is -1.65. The quantitative estimate of drug-likeness (QED) is 0.910. The van der Waals surface area contributed by atoms with Gasteiger partial charge in [0.1, 0.15) is 5.75 Å². The maximum absolute atomic E-state index is 8.83. The summed E-state index contributed by atoms with van der Waals surface area (Å²) in [5, 5.41) is 17.1. The summed E-state index contributed by atoms with van der Waals surface area (Å²) in [7, 11) is 0. The molecule has 0 unspecified atom stereocenters. The van der Waals surface area contributed by atoms with Crippen LogP contribution in [0.3, 0.4) is 0 Å². The maximum atomic E-state index is 8.83. The number of hydrogen-bond acceptors (Lipinski definition) is 4. The molecule has 0 aliphatic rings. The Morgan fingerprint density at radius 1 is 1.24 bits per heavy atom. The van der Waals surface area contributed by atoms with Gasteiger partial charge in [0, 0.05) is 11.1 Å². The molecule has 1 N–H and O–H groups in total. The zero-order chi connectivity index (χ0) is 12.3. The number of nitrogens with zero attached hydrogens (tertiary/aromatic N) is 2. The molecule has 2 aromatic rings. The predicted octanol–water partition coefficient (Wildman–Crippen LogP) is 2.72. The summed E-state index contributed by atoms with van der Waals surface area (Å²) in [5.41, 5.74) is 1.44. The Kier molecular flexibility index (Phi) is 3.56. The van der Waals surface area contributed by atoms with Gasteiger partial charge in [-0.05, 0) is 36.8 Å². The second-order valence-corrected chi connectivity index (χ2v) is 3.94. The lowest BCUT2D eigenvalue weighted by atomic mass is 10.2. The SMILES string of the molecule is Cc1cc(Oc2ccc(CO)nn2)ccc1Cl. The lowest BCUT2D eigenvalue weighted by Crippen LogP contribution is -1.95. The van der Waals surface area contributed by atoms with Gasteiger partial charge in [0.15, 0.2) is 0 Å². The van der Waals surface area contributed by atoms with E-state index in [1.54, 1.807) is 24.3 Å². The molecule has 1 aromatic carbocycles. The van der Waals surface area contributed by atoms with E-state index < -0.39 is 0 Å². The van der Waals surface area contributed by atoms with Crippen molar-refractivity contribution in [1.82, 2.24) is 10.2 Å². The van der Waals surface area contributed by atoms with Crippen molar-refractivity contribution in [3.8, 4) is 11.6 Å². The minimum Gasteiger partial charge on any atom is -0.438 e. The number of hydrogen-bond donors (Lipinski definition) is 1. The number of ether oxygens (including phenoxy) is 1. The lowest BCUT2D eigenvalue weighted by molar-refractivity contribution is 0.274. The number of aliphatic hydroxyl groups excluding tert-OH is 1. The van der Waals surface area contributed by atoms with Crippen LogP contribution in [-0.2, 0) is 6.61 Å². The van der Waals surface area contributed by atoms with E-state index in [9.17, 15) is 0 Å². The molecule has 17 heavy (non-hydrogen) atoms. The summed E-state index contributed by atoms with van der Waals surface area (Å²) in [6.07, 6.45) is 0. The smallest absolute Gasteiger partial charge is 0.238 e. The molecule has 2 rings (SSSR count). The third-order valence-electron chi connectivity index (χ3n) is 2.21. The highest BCUT2D eigenvalue weighted by molar-refractivity contribution is 6.31. The number of halogens is 1. The van der Waals surface area contributed by atoms with Crippen molar-refractivity contribution in [2.24, 2.45) is 0 Å². The molecule has 0 atom stereocenters. The van der Waals surface area contributed by atoms with Crippen molar-refractivity contribution in [2.45, 2.75) is 13.5 Å². The van der Waals surface area contributed by atoms with Gasteiger partial charge in [-0.2, -0.15) is 0 Å². The Morgan fingerprint density at radius 2 is 2.06 bits per heavy atom. The Balaban J connectivity index is 2.16. The molecule has 1 aromatic heterocycles. The Morgan fingerprint density at radius 3 is 2.65 bits per heavy atom. The van der Waals surface area contributed by atoms with Crippen LogP contribution in [0.2, 0.25) is 5.02 Å². The van der Waals surface area contributed by atoms with Gasteiger partial charge in [0.25, 0.3) is 0 Å². The first-order valence-corrected chi connectivity index (χ1v) is 5.44. The van der Waals surface area contributed by atoms with Crippen LogP contribution in [0.5, 0.6) is 11.6 Å². The van der Waals surface area contributed by atoms with E-state index in [0.29, 0.717) is 22.3 Å². The van der Waals surface area contributed by atoms with Crippen molar-refractivity contribution in [3.05, 3.63) is 46.6 Å². The summed E-state index contributed by atoms with van der Waals surface area (Å²) in [4.78, 5) is 0. The first-order valence-electron chi connectivity index (χ1n) is 5.06. The molecule has 0 aliphatic heterocycles. The van der Waals surface area contributed by atoms with E-state index in [4.69, 9.17) is 21.4 Å². The van der Waals surface area contributed by atoms with Gasteiger partial charge in [-0.15, -0.1) is 10.2 Å². The maximum Gasteiger partial charge on any atom is 0.238 e. The number of benzene rings is 1. The summed E-state index contributed by atoms with van der Waals surface area (Å²) in [5.74, 6) is 1.03. The largest absolute Gasteiger partial charge is 0.438 e. The molecule has 88 valence electrons. The number of aliphatic hydroxyl groups is 1. The van der Waals surface area contributed by atoms with Crippen LogP contribution in [0, 0.1) is 6.92 Å². The van der Waals surface area contributed by atoms with Crippen LogP contribution in [-0.4, -0.2) is 15.3 Å². The third-order valence-corrected chi connectivity index (χ3v) is 2.63. The molecule has 0 saturated carbocycles. The highest BCUT2D eigenvalue weighted by Crippen LogP contribution is 2.24. The average Bonchev–Trinajstić information content (AvgIpc) is 2.35. The van der Waals surface area contributed by atoms with Crippen LogP contribution in [0.25, 0.3) is 0 Å². The molecule has 0 saturated heterocycles. The molecule has 0 fully saturated rings. The fourth-order valence-electron chi connectivity index (χ4n) is 1.29. The van der Waals surface area contributed by atoms with E-state index in [-0.39, 0.29) is 6.61 Å². The molecule has 0 amide bonds. The van der Waals surface area contributed by atoms with Crippen LogP contribution in [0.4, 0.5) is 0 Å². The van der Waals surface area contributed by atoms with Crippen LogP contribution < -0.4 is 4.74 Å². The van der Waals surface area contributed by atoms with Gasteiger partial charge < -0.3 is 9.84 Å². The molecular weight excluding hydrogens is 240 g/mol. The fraction of sp³-hybridized carbons (Fsp3) is 0.167. The van der Waals surface area contributed by atoms with Gasteiger partial charge in [-0.1, -0.05) is 11.6 Å². The molecule has 0 radical (unpaired) electrons. The van der Waals surface area contributed by atoms with E-state index in [1.165, 1.54) is 0 Å². The molecule has 0 spiro atoms. The number of aromatic nitrogens is 2. The molecule has 0 aliphatic carbocycles. The van der Waals surface area contributed by atoms with Gasteiger partial charge in [0.2, 0.25) is 5.88 Å². The minimum absolute atomic E-state index is 0.132. The predicted molar refractivity (Wildman–Crippen MR) is 64.2 cm³/mol. The monoisotopic (exact) mass is 250 g/mol. The molecule has 5 heteroatoms. The Labute approximate surface area is 104 Å². The minimum atomic E-state index is -0.132. The molecular formula is C12H11ClN2O2. The lowest BCUT2D eigenvalue weighted by Gasteiger charge is -2.05. The van der Waals surface area contributed by atoms with E-state index in [2.05, 4.69) is 10.2 Å². The van der Waals surface area contributed by atoms with Crippen molar-refractivity contribution >= 4 is 11.6 Å². The van der Waals surface area contributed by atoms with Gasteiger partial charge in [-0.25, -0.2) is 0 Å². The first-order chi connectivity index (χ1) is 8.19. The van der Waals surface area contributed by atoms with Crippen molar-refractivity contribution in [2.75, 3.05) is 0 Å². The van der Waals surface area contributed by atoms with Crippen molar-refractivity contribution in [3.63, 3.8) is 0 Å².